The minimum atomic E-state index is 0.385. The van der Waals surface area contributed by atoms with Crippen LogP contribution in [0.4, 0.5) is 0 Å². The molecule has 2 aromatic heterocycles. The Labute approximate surface area is 115 Å². The molecule has 1 aliphatic rings. The van der Waals surface area contributed by atoms with Gasteiger partial charge in [0.1, 0.15) is 4.60 Å². The van der Waals surface area contributed by atoms with Crippen LogP contribution < -0.4 is 0 Å². The lowest BCUT2D eigenvalue weighted by Gasteiger charge is -2.32. The van der Waals surface area contributed by atoms with Crippen molar-refractivity contribution in [1.29, 1.82) is 0 Å². The van der Waals surface area contributed by atoms with Gasteiger partial charge >= 0.3 is 0 Å². The van der Waals surface area contributed by atoms with Crippen molar-refractivity contribution in [3.8, 4) is 0 Å². The van der Waals surface area contributed by atoms with Crippen molar-refractivity contribution in [2.24, 2.45) is 0 Å². The largest absolute Gasteiger partial charge is 0.294 e. The standard InChI is InChI=1S/C13H17BrN4/c1-2-17-9-4-3-6-10(17)13-15-12-8-5-7-11(14)18(12)16-13/h5,7-8,10H,2-4,6,9H2,1H3. The number of rotatable bonds is 2. The number of nitrogens with zero attached hydrogens (tertiary/aromatic N) is 4. The molecular weight excluding hydrogens is 292 g/mol. The Balaban J connectivity index is 2.00. The number of pyridine rings is 1. The van der Waals surface area contributed by atoms with Crippen LogP contribution in [0.1, 0.15) is 38.1 Å². The van der Waals surface area contributed by atoms with E-state index in [0.717, 1.165) is 29.2 Å². The zero-order chi connectivity index (χ0) is 12.5. The Morgan fingerprint density at radius 2 is 2.28 bits per heavy atom. The smallest absolute Gasteiger partial charge is 0.168 e. The van der Waals surface area contributed by atoms with E-state index in [1.165, 1.54) is 19.3 Å². The minimum Gasteiger partial charge on any atom is -0.294 e. The van der Waals surface area contributed by atoms with Crippen LogP contribution in [0.3, 0.4) is 0 Å². The monoisotopic (exact) mass is 308 g/mol. The molecule has 0 spiro atoms. The molecule has 0 bridgehead atoms. The Hall–Kier alpha value is -0.940. The van der Waals surface area contributed by atoms with Crippen molar-refractivity contribution >= 4 is 21.6 Å². The van der Waals surface area contributed by atoms with Gasteiger partial charge in [-0.2, -0.15) is 0 Å². The molecule has 0 saturated carbocycles. The van der Waals surface area contributed by atoms with Crippen LogP contribution in [0.5, 0.6) is 0 Å². The van der Waals surface area contributed by atoms with Gasteiger partial charge in [0.05, 0.1) is 6.04 Å². The van der Waals surface area contributed by atoms with Gasteiger partial charge in [0.2, 0.25) is 0 Å². The number of halogens is 1. The van der Waals surface area contributed by atoms with E-state index in [9.17, 15) is 0 Å². The Morgan fingerprint density at radius 1 is 1.39 bits per heavy atom. The first kappa shape index (κ1) is 12.1. The molecule has 0 aliphatic carbocycles. The summed E-state index contributed by atoms with van der Waals surface area (Å²) in [6.45, 7) is 4.45. The molecule has 18 heavy (non-hydrogen) atoms. The molecule has 0 N–H and O–H groups in total. The molecule has 1 saturated heterocycles. The molecule has 1 unspecified atom stereocenters. The van der Waals surface area contributed by atoms with Gasteiger partial charge in [-0.3, -0.25) is 4.90 Å². The van der Waals surface area contributed by atoms with Crippen LogP contribution in [0.2, 0.25) is 0 Å². The van der Waals surface area contributed by atoms with E-state index in [0.29, 0.717) is 6.04 Å². The van der Waals surface area contributed by atoms with Crippen LogP contribution in [-0.4, -0.2) is 32.6 Å². The van der Waals surface area contributed by atoms with Crippen LogP contribution in [0.25, 0.3) is 5.65 Å². The maximum atomic E-state index is 4.68. The van der Waals surface area contributed by atoms with E-state index in [1.807, 2.05) is 22.7 Å². The summed E-state index contributed by atoms with van der Waals surface area (Å²) in [7, 11) is 0. The second-order valence-electron chi connectivity index (χ2n) is 4.73. The lowest BCUT2D eigenvalue weighted by atomic mass is 10.0. The summed E-state index contributed by atoms with van der Waals surface area (Å²) < 4.78 is 2.83. The van der Waals surface area contributed by atoms with Gasteiger partial charge in [0, 0.05) is 0 Å². The summed E-state index contributed by atoms with van der Waals surface area (Å²) in [6.07, 6.45) is 3.74. The molecule has 5 heteroatoms. The van der Waals surface area contributed by atoms with Crippen molar-refractivity contribution in [3.63, 3.8) is 0 Å². The normalized spacial score (nSPS) is 21.6. The fraction of sp³-hybridized carbons (Fsp3) is 0.538. The fourth-order valence-corrected chi connectivity index (χ4v) is 3.11. The van der Waals surface area contributed by atoms with E-state index < -0.39 is 0 Å². The maximum Gasteiger partial charge on any atom is 0.168 e. The summed E-state index contributed by atoms with van der Waals surface area (Å²) in [5.74, 6) is 0.962. The molecule has 96 valence electrons. The third kappa shape index (κ3) is 2.06. The number of fused-ring (bicyclic) bond motifs is 1. The average molecular weight is 309 g/mol. The molecule has 4 nitrogen and oxygen atoms in total. The predicted octanol–water partition coefficient (Wildman–Crippen LogP) is 3.04. The molecule has 3 heterocycles. The number of piperidine rings is 1. The van der Waals surface area contributed by atoms with E-state index in [1.54, 1.807) is 0 Å². The van der Waals surface area contributed by atoms with E-state index in [4.69, 9.17) is 0 Å². The average Bonchev–Trinajstić information content (AvgIpc) is 2.84. The number of hydrogen-bond acceptors (Lipinski definition) is 3. The lowest BCUT2D eigenvalue weighted by molar-refractivity contribution is 0.150. The third-order valence-corrected chi connectivity index (χ3v) is 4.25. The van der Waals surface area contributed by atoms with Gasteiger partial charge in [-0.25, -0.2) is 9.50 Å². The first-order valence-corrected chi connectivity index (χ1v) is 7.34. The number of hydrogen-bond donors (Lipinski definition) is 0. The highest BCUT2D eigenvalue weighted by atomic mass is 79.9. The molecule has 1 atom stereocenters. The SMILES string of the molecule is CCN1CCCCC1c1nc2cccc(Br)n2n1. The summed E-state index contributed by atoms with van der Waals surface area (Å²) in [6, 6.07) is 6.37. The fourth-order valence-electron chi connectivity index (χ4n) is 2.69. The van der Waals surface area contributed by atoms with E-state index in [-0.39, 0.29) is 0 Å². The Morgan fingerprint density at radius 3 is 3.06 bits per heavy atom. The minimum absolute atomic E-state index is 0.385. The molecule has 1 aliphatic heterocycles. The van der Waals surface area contributed by atoms with Crippen LogP contribution in [0.15, 0.2) is 22.8 Å². The zero-order valence-electron chi connectivity index (χ0n) is 10.5. The van der Waals surface area contributed by atoms with Gasteiger partial charge in [-0.15, -0.1) is 5.10 Å². The summed E-state index contributed by atoms with van der Waals surface area (Å²) >= 11 is 3.51. The molecule has 0 radical (unpaired) electrons. The first-order chi connectivity index (χ1) is 8.79. The zero-order valence-corrected chi connectivity index (χ0v) is 12.1. The second kappa shape index (κ2) is 4.97. The topological polar surface area (TPSA) is 33.4 Å². The summed E-state index contributed by atoms with van der Waals surface area (Å²) in [4.78, 5) is 7.15. The number of likely N-dealkylation sites (tertiary alicyclic amines) is 1. The lowest BCUT2D eigenvalue weighted by Crippen LogP contribution is -2.33. The van der Waals surface area contributed by atoms with Crippen molar-refractivity contribution < 1.29 is 0 Å². The van der Waals surface area contributed by atoms with E-state index in [2.05, 4.69) is 37.8 Å². The van der Waals surface area contributed by atoms with Crippen molar-refractivity contribution in [2.75, 3.05) is 13.1 Å². The van der Waals surface area contributed by atoms with Crippen LogP contribution in [-0.2, 0) is 0 Å². The highest BCUT2D eigenvalue weighted by Gasteiger charge is 2.26. The Kier molecular flexibility index (Phi) is 3.35. The van der Waals surface area contributed by atoms with Crippen molar-refractivity contribution in [2.45, 2.75) is 32.2 Å². The van der Waals surface area contributed by atoms with Gasteiger partial charge in [-0.1, -0.05) is 19.4 Å². The summed E-state index contributed by atoms with van der Waals surface area (Å²) in [5.41, 5.74) is 0.918. The van der Waals surface area contributed by atoms with Crippen molar-refractivity contribution in [1.82, 2.24) is 19.5 Å². The van der Waals surface area contributed by atoms with Gasteiger partial charge in [0.25, 0.3) is 0 Å². The molecule has 0 aromatic carbocycles. The van der Waals surface area contributed by atoms with Gasteiger partial charge in [-0.05, 0) is 54.0 Å². The van der Waals surface area contributed by atoms with Crippen LogP contribution in [0, 0.1) is 0 Å². The molecule has 2 aromatic rings. The molecule has 0 amide bonds. The molecular formula is C13H17BrN4. The molecule has 1 fully saturated rings. The number of aromatic nitrogens is 3. The predicted molar refractivity (Wildman–Crippen MR) is 74.5 cm³/mol. The second-order valence-corrected chi connectivity index (χ2v) is 5.54. The van der Waals surface area contributed by atoms with Gasteiger partial charge < -0.3 is 0 Å². The maximum absolute atomic E-state index is 4.68. The quantitative estimate of drug-likeness (QED) is 0.800. The summed E-state index contributed by atoms with van der Waals surface area (Å²) in [5, 5.41) is 4.65. The highest BCUT2D eigenvalue weighted by molar-refractivity contribution is 9.10. The van der Waals surface area contributed by atoms with Crippen molar-refractivity contribution in [3.05, 3.63) is 28.6 Å². The highest BCUT2D eigenvalue weighted by Crippen LogP contribution is 2.29. The Bertz CT molecular complexity index is 551. The van der Waals surface area contributed by atoms with Gasteiger partial charge in [0.15, 0.2) is 11.5 Å². The first-order valence-electron chi connectivity index (χ1n) is 6.55. The third-order valence-electron chi connectivity index (χ3n) is 3.65. The van der Waals surface area contributed by atoms with E-state index >= 15 is 0 Å². The molecule has 3 rings (SSSR count). The van der Waals surface area contributed by atoms with Crippen LogP contribution >= 0.6 is 15.9 Å².